The molecule has 0 amide bonds. The average Bonchev–Trinajstić information content (AvgIpc) is 2.16. The topological polar surface area (TPSA) is 54.4 Å². The maximum Gasteiger partial charge on any atom is 0.147 e. The van der Waals surface area contributed by atoms with Crippen molar-refractivity contribution in [3.8, 4) is 0 Å². The Balaban J connectivity index is 2.36. The number of aliphatic hydroxyl groups is 1. The first-order valence-electron chi connectivity index (χ1n) is 6.19. The van der Waals surface area contributed by atoms with E-state index in [1.54, 1.807) is 0 Å². The van der Waals surface area contributed by atoms with Crippen LogP contribution in [0.3, 0.4) is 0 Å². The molecular weight excluding hydrogens is 224 g/mol. The third-order valence-corrected chi connectivity index (χ3v) is 4.82. The van der Waals surface area contributed by atoms with Gasteiger partial charge in [0.15, 0.2) is 0 Å². The van der Waals surface area contributed by atoms with Crippen LogP contribution in [0.4, 0.5) is 0 Å². The summed E-state index contributed by atoms with van der Waals surface area (Å²) < 4.78 is 22.0. The largest absolute Gasteiger partial charge is 0.393 e. The van der Waals surface area contributed by atoms with Crippen LogP contribution in [0.1, 0.15) is 51.9 Å². The zero-order chi connectivity index (χ0) is 12.2. The summed E-state index contributed by atoms with van der Waals surface area (Å²) in [7, 11) is -2.88. The van der Waals surface area contributed by atoms with Crippen molar-refractivity contribution in [2.24, 2.45) is 5.41 Å². The van der Waals surface area contributed by atoms with Gasteiger partial charge >= 0.3 is 0 Å². The van der Waals surface area contributed by atoms with Gasteiger partial charge in [-0.25, -0.2) is 8.42 Å². The van der Waals surface area contributed by atoms with Gasteiger partial charge in [-0.3, -0.25) is 0 Å². The van der Waals surface area contributed by atoms with Crippen LogP contribution < -0.4 is 0 Å². The molecule has 0 aromatic carbocycles. The predicted octanol–water partition coefficient (Wildman–Crippen LogP) is 2.14. The molecule has 1 aliphatic rings. The van der Waals surface area contributed by atoms with E-state index in [1.807, 2.05) is 0 Å². The monoisotopic (exact) mass is 248 g/mol. The SMILES string of the molecule is CC1(C(O)CCCS(C)(=O)=O)CCCCC1. The summed E-state index contributed by atoms with van der Waals surface area (Å²) in [5.41, 5.74) is 0.0236. The summed E-state index contributed by atoms with van der Waals surface area (Å²) in [6, 6.07) is 0. The van der Waals surface area contributed by atoms with Gasteiger partial charge in [0.05, 0.1) is 6.10 Å². The highest BCUT2D eigenvalue weighted by molar-refractivity contribution is 7.90. The first-order valence-corrected chi connectivity index (χ1v) is 8.25. The molecule has 0 spiro atoms. The molecule has 0 aromatic rings. The smallest absolute Gasteiger partial charge is 0.147 e. The Morgan fingerprint density at radius 1 is 1.25 bits per heavy atom. The summed E-state index contributed by atoms with van der Waals surface area (Å²) in [6.45, 7) is 2.14. The summed E-state index contributed by atoms with van der Waals surface area (Å²) in [6.07, 6.45) is 7.92. The third kappa shape index (κ3) is 4.42. The van der Waals surface area contributed by atoms with E-state index in [0.717, 1.165) is 12.8 Å². The molecule has 0 saturated heterocycles. The van der Waals surface area contributed by atoms with Crippen molar-refractivity contribution in [3.05, 3.63) is 0 Å². The first kappa shape index (κ1) is 14.0. The summed E-state index contributed by atoms with van der Waals surface area (Å²) >= 11 is 0. The van der Waals surface area contributed by atoms with Crippen LogP contribution in [-0.2, 0) is 9.84 Å². The van der Waals surface area contributed by atoms with Crippen LogP contribution in [0.5, 0.6) is 0 Å². The standard InChI is InChI=1S/C12H24O3S/c1-12(8-4-3-5-9-12)11(13)7-6-10-16(2,14)15/h11,13H,3-10H2,1-2H3. The van der Waals surface area contributed by atoms with Gasteiger partial charge in [0.1, 0.15) is 9.84 Å². The van der Waals surface area contributed by atoms with E-state index in [-0.39, 0.29) is 17.3 Å². The van der Waals surface area contributed by atoms with Crippen LogP contribution in [0, 0.1) is 5.41 Å². The van der Waals surface area contributed by atoms with Gasteiger partial charge in [0.2, 0.25) is 0 Å². The van der Waals surface area contributed by atoms with E-state index in [4.69, 9.17) is 0 Å². The molecule has 0 radical (unpaired) electrons. The lowest BCUT2D eigenvalue weighted by Gasteiger charge is -2.38. The highest BCUT2D eigenvalue weighted by atomic mass is 32.2. The van der Waals surface area contributed by atoms with Crippen LogP contribution in [-0.4, -0.2) is 31.6 Å². The van der Waals surface area contributed by atoms with E-state index in [1.165, 1.54) is 25.5 Å². The fraction of sp³-hybridized carbons (Fsp3) is 1.00. The van der Waals surface area contributed by atoms with Gasteiger partial charge in [-0.2, -0.15) is 0 Å². The molecule has 4 heteroatoms. The van der Waals surface area contributed by atoms with Crippen molar-refractivity contribution in [3.63, 3.8) is 0 Å². The lowest BCUT2D eigenvalue weighted by molar-refractivity contribution is 0.00402. The minimum atomic E-state index is -2.88. The van der Waals surface area contributed by atoms with Crippen molar-refractivity contribution in [2.45, 2.75) is 58.0 Å². The molecule has 96 valence electrons. The molecule has 1 rings (SSSR count). The van der Waals surface area contributed by atoms with Crippen LogP contribution >= 0.6 is 0 Å². The molecule has 1 atom stereocenters. The van der Waals surface area contributed by atoms with E-state index in [2.05, 4.69) is 6.92 Å². The third-order valence-electron chi connectivity index (χ3n) is 3.79. The van der Waals surface area contributed by atoms with Gasteiger partial charge in [-0.1, -0.05) is 26.2 Å². The second-order valence-corrected chi connectivity index (χ2v) is 7.76. The second kappa shape index (κ2) is 5.50. The maximum absolute atomic E-state index is 11.0. The Labute approximate surface area is 99.2 Å². The van der Waals surface area contributed by atoms with Crippen molar-refractivity contribution in [1.82, 2.24) is 0 Å². The number of rotatable bonds is 5. The molecule has 0 heterocycles. The van der Waals surface area contributed by atoms with Gasteiger partial charge in [0.25, 0.3) is 0 Å². The lowest BCUT2D eigenvalue weighted by atomic mass is 9.71. The maximum atomic E-state index is 11.0. The molecule has 0 bridgehead atoms. The Hall–Kier alpha value is -0.0900. The molecule has 1 unspecified atom stereocenters. The summed E-state index contributed by atoms with van der Waals surface area (Å²) in [5.74, 6) is 0.195. The van der Waals surface area contributed by atoms with E-state index >= 15 is 0 Å². The fourth-order valence-corrected chi connectivity index (χ4v) is 3.27. The van der Waals surface area contributed by atoms with Crippen LogP contribution in [0.15, 0.2) is 0 Å². The molecule has 3 nitrogen and oxygen atoms in total. The van der Waals surface area contributed by atoms with Gasteiger partial charge in [-0.05, 0) is 31.1 Å². The van der Waals surface area contributed by atoms with Crippen molar-refractivity contribution in [2.75, 3.05) is 12.0 Å². The number of sulfone groups is 1. The van der Waals surface area contributed by atoms with Gasteiger partial charge in [-0.15, -0.1) is 0 Å². The number of hydrogen-bond donors (Lipinski definition) is 1. The quantitative estimate of drug-likeness (QED) is 0.811. The minimum Gasteiger partial charge on any atom is -0.393 e. The summed E-state index contributed by atoms with van der Waals surface area (Å²) in [4.78, 5) is 0. The normalized spacial score (nSPS) is 22.9. The zero-order valence-corrected chi connectivity index (χ0v) is 11.2. The molecule has 1 fully saturated rings. The second-order valence-electron chi connectivity index (χ2n) is 5.50. The highest BCUT2D eigenvalue weighted by Crippen LogP contribution is 2.40. The summed E-state index contributed by atoms with van der Waals surface area (Å²) in [5, 5.41) is 10.1. The number of aliphatic hydroxyl groups excluding tert-OH is 1. The lowest BCUT2D eigenvalue weighted by Crippen LogP contribution is -2.34. The average molecular weight is 248 g/mol. The fourth-order valence-electron chi connectivity index (χ4n) is 2.58. The Bertz CT molecular complexity index is 302. The molecular formula is C12H24O3S. The molecule has 16 heavy (non-hydrogen) atoms. The molecule has 0 aliphatic heterocycles. The van der Waals surface area contributed by atoms with E-state index < -0.39 is 9.84 Å². The molecule has 0 aromatic heterocycles. The molecule has 1 aliphatic carbocycles. The zero-order valence-electron chi connectivity index (χ0n) is 10.4. The predicted molar refractivity (Wildman–Crippen MR) is 66.1 cm³/mol. The van der Waals surface area contributed by atoms with Crippen molar-refractivity contribution < 1.29 is 13.5 Å². The van der Waals surface area contributed by atoms with E-state index in [9.17, 15) is 13.5 Å². The Morgan fingerprint density at radius 2 is 1.81 bits per heavy atom. The first-order chi connectivity index (χ1) is 7.33. The van der Waals surface area contributed by atoms with E-state index in [0.29, 0.717) is 12.8 Å². The van der Waals surface area contributed by atoms with Crippen LogP contribution in [0.2, 0.25) is 0 Å². The van der Waals surface area contributed by atoms with Crippen molar-refractivity contribution in [1.29, 1.82) is 0 Å². The highest BCUT2D eigenvalue weighted by Gasteiger charge is 2.33. The van der Waals surface area contributed by atoms with Crippen molar-refractivity contribution >= 4 is 9.84 Å². The molecule has 1 N–H and O–H groups in total. The number of hydrogen-bond acceptors (Lipinski definition) is 3. The minimum absolute atomic E-state index is 0.0236. The van der Waals surface area contributed by atoms with Gasteiger partial charge in [0, 0.05) is 12.0 Å². The molecule has 1 saturated carbocycles. The Morgan fingerprint density at radius 3 is 2.31 bits per heavy atom. The van der Waals surface area contributed by atoms with Crippen LogP contribution in [0.25, 0.3) is 0 Å². The van der Waals surface area contributed by atoms with Gasteiger partial charge < -0.3 is 5.11 Å². The Kier molecular flexibility index (Phi) is 4.80.